The van der Waals surface area contributed by atoms with Gasteiger partial charge in [-0.2, -0.15) is 0 Å². The van der Waals surface area contributed by atoms with Gasteiger partial charge < -0.3 is 19.9 Å². The van der Waals surface area contributed by atoms with Gasteiger partial charge in [-0.15, -0.1) is 0 Å². The molecular weight excluding hydrogens is 346 g/mol. The summed E-state index contributed by atoms with van der Waals surface area (Å²) in [7, 11) is 0. The molecule has 8 nitrogen and oxygen atoms in total. The Morgan fingerprint density at radius 3 is 2.63 bits per heavy atom. The first-order valence-electron chi connectivity index (χ1n) is 9.59. The van der Waals surface area contributed by atoms with Crippen molar-refractivity contribution < 1.29 is 19.2 Å². The SMILES string of the molecule is CCOc1ccc(NC(=O)[C@@H]2CC(=O)NC(N3CC[NH+](CC)CC3)=N2)cc1. The van der Waals surface area contributed by atoms with Gasteiger partial charge in [-0.1, -0.05) is 0 Å². The lowest BCUT2D eigenvalue weighted by molar-refractivity contribution is -0.902. The Labute approximate surface area is 159 Å². The van der Waals surface area contributed by atoms with Crippen molar-refractivity contribution in [3.63, 3.8) is 0 Å². The van der Waals surface area contributed by atoms with E-state index in [4.69, 9.17) is 4.74 Å². The molecule has 8 heteroatoms. The van der Waals surface area contributed by atoms with Crippen molar-refractivity contribution in [2.24, 2.45) is 4.99 Å². The molecule has 1 fully saturated rings. The Hall–Kier alpha value is -2.61. The third-order valence-corrected chi connectivity index (χ3v) is 4.91. The van der Waals surface area contributed by atoms with E-state index in [0.717, 1.165) is 38.5 Å². The average molecular weight is 374 g/mol. The molecular formula is C19H28N5O3+. The van der Waals surface area contributed by atoms with Crippen LogP contribution in [0.1, 0.15) is 20.3 Å². The van der Waals surface area contributed by atoms with E-state index in [1.807, 2.05) is 6.92 Å². The summed E-state index contributed by atoms with van der Waals surface area (Å²) >= 11 is 0. The van der Waals surface area contributed by atoms with Gasteiger partial charge in [0.2, 0.25) is 17.8 Å². The summed E-state index contributed by atoms with van der Waals surface area (Å²) < 4.78 is 5.40. The summed E-state index contributed by atoms with van der Waals surface area (Å²) in [6, 6.07) is 6.46. The number of quaternary nitrogens is 1. The van der Waals surface area contributed by atoms with Gasteiger partial charge in [0, 0.05) is 5.69 Å². The highest BCUT2D eigenvalue weighted by molar-refractivity contribution is 6.05. The molecule has 146 valence electrons. The van der Waals surface area contributed by atoms with E-state index >= 15 is 0 Å². The van der Waals surface area contributed by atoms with Crippen LogP contribution in [-0.2, 0) is 9.59 Å². The Balaban J connectivity index is 1.64. The second kappa shape index (κ2) is 8.85. The Kier molecular flexibility index (Phi) is 6.28. The number of ether oxygens (including phenoxy) is 1. The van der Waals surface area contributed by atoms with Crippen LogP contribution in [0.25, 0.3) is 0 Å². The summed E-state index contributed by atoms with van der Waals surface area (Å²) in [6.07, 6.45) is 0.0620. The number of anilines is 1. The van der Waals surface area contributed by atoms with Crippen LogP contribution in [0.3, 0.4) is 0 Å². The molecule has 27 heavy (non-hydrogen) atoms. The predicted molar refractivity (Wildman–Crippen MR) is 103 cm³/mol. The fourth-order valence-corrected chi connectivity index (χ4v) is 3.30. The van der Waals surface area contributed by atoms with Crippen molar-refractivity contribution in [2.75, 3.05) is 44.6 Å². The largest absolute Gasteiger partial charge is 0.494 e. The molecule has 0 radical (unpaired) electrons. The zero-order valence-electron chi connectivity index (χ0n) is 16.0. The minimum Gasteiger partial charge on any atom is -0.494 e. The van der Waals surface area contributed by atoms with Crippen molar-refractivity contribution in [1.82, 2.24) is 10.2 Å². The van der Waals surface area contributed by atoms with Gasteiger partial charge in [-0.05, 0) is 38.1 Å². The number of nitrogens with one attached hydrogen (secondary N) is 3. The smallest absolute Gasteiger partial charge is 0.249 e. The molecule has 1 aromatic rings. The van der Waals surface area contributed by atoms with E-state index in [9.17, 15) is 9.59 Å². The van der Waals surface area contributed by atoms with E-state index in [1.54, 1.807) is 29.2 Å². The lowest BCUT2D eigenvalue weighted by atomic mass is 10.1. The highest BCUT2D eigenvalue weighted by Gasteiger charge is 2.31. The summed E-state index contributed by atoms with van der Waals surface area (Å²) in [6.45, 7) is 9.46. The van der Waals surface area contributed by atoms with Crippen LogP contribution >= 0.6 is 0 Å². The highest BCUT2D eigenvalue weighted by atomic mass is 16.5. The maximum Gasteiger partial charge on any atom is 0.249 e. The van der Waals surface area contributed by atoms with Crippen molar-refractivity contribution in [1.29, 1.82) is 0 Å². The van der Waals surface area contributed by atoms with E-state index < -0.39 is 6.04 Å². The molecule has 0 aliphatic carbocycles. The number of carbonyl (C=O) groups excluding carboxylic acids is 2. The standard InChI is InChI=1S/C19H27N5O3/c1-3-23-9-11-24(12-10-23)19-21-16(13-17(25)22-19)18(26)20-14-5-7-15(8-6-14)27-4-2/h5-8,16H,3-4,9-13H2,1-2H3,(H,20,26)(H,21,22,25)/p+1/t16-/m0/s1. The monoisotopic (exact) mass is 374 g/mol. The molecule has 2 heterocycles. The molecule has 3 rings (SSSR count). The third kappa shape index (κ3) is 4.97. The summed E-state index contributed by atoms with van der Waals surface area (Å²) in [5.41, 5.74) is 0.659. The lowest BCUT2D eigenvalue weighted by Crippen LogP contribution is -3.14. The molecule has 2 amide bonds. The van der Waals surface area contributed by atoms with E-state index in [1.165, 1.54) is 0 Å². The van der Waals surface area contributed by atoms with Crippen LogP contribution in [-0.4, -0.2) is 68.0 Å². The van der Waals surface area contributed by atoms with Gasteiger partial charge in [0.1, 0.15) is 11.8 Å². The topological polar surface area (TPSA) is 87.5 Å². The first-order valence-corrected chi connectivity index (χ1v) is 9.59. The number of rotatable bonds is 5. The molecule has 0 unspecified atom stereocenters. The van der Waals surface area contributed by atoms with Crippen molar-refractivity contribution in [2.45, 2.75) is 26.3 Å². The second-order valence-corrected chi connectivity index (χ2v) is 6.76. The highest BCUT2D eigenvalue weighted by Crippen LogP contribution is 2.17. The number of hydrogen-bond donors (Lipinski definition) is 3. The number of nitrogens with zero attached hydrogens (tertiary/aromatic N) is 2. The van der Waals surface area contributed by atoms with Crippen LogP contribution in [0, 0.1) is 0 Å². The molecule has 1 saturated heterocycles. The Morgan fingerprint density at radius 1 is 1.30 bits per heavy atom. The van der Waals surface area contributed by atoms with Gasteiger partial charge in [-0.25, -0.2) is 4.99 Å². The molecule has 0 bridgehead atoms. The van der Waals surface area contributed by atoms with Crippen molar-refractivity contribution >= 4 is 23.5 Å². The zero-order valence-corrected chi connectivity index (χ0v) is 16.0. The van der Waals surface area contributed by atoms with Crippen LogP contribution in [0.4, 0.5) is 5.69 Å². The number of hydrogen-bond acceptors (Lipinski definition) is 5. The number of aliphatic imine (C=N–C) groups is 1. The van der Waals surface area contributed by atoms with Crippen molar-refractivity contribution in [3.8, 4) is 5.75 Å². The molecule has 1 atom stereocenters. The maximum atomic E-state index is 12.6. The molecule has 0 spiro atoms. The number of piperazine rings is 1. The quantitative estimate of drug-likeness (QED) is 0.648. The van der Waals surface area contributed by atoms with Gasteiger partial charge in [-0.3, -0.25) is 14.9 Å². The van der Waals surface area contributed by atoms with Crippen LogP contribution in [0.5, 0.6) is 5.75 Å². The van der Waals surface area contributed by atoms with Gasteiger partial charge in [0.25, 0.3) is 0 Å². The minimum absolute atomic E-state index is 0.0620. The fourth-order valence-electron chi connectivity index (χ4n) is 3.30. The first-order chi connectivity index (χ1) is 13.1. The maximum absolute atomic E-state index is 12.6. The molecule has 2 aliphatic rings. The van der Waals surface area contributed by atoms with Crippen molar-refractivity contribution in [3.05, 3.63) is 24.3 Å². The van der Waals surface area contributed by atoms with E-state index in [2.05, 4.69) is 27.4 Å². The molecule has 2 aliphatic heterocycles. The van der Waals surface area contributed by atoms with Crippen LogP contribution in [0.15, 0.2) is 29.3 Å². The molecule has 0 saturated carbocycles. The first kappa shape index (κ1) is 19.2. The average Bonchev–Trinajstić information content (AvgIpc) is 2.69. The Morgan fingerprint density at radius 2 is 2.00 bits per heavy atom. The normalized spacial score (nSPS) is 20.7. The fraction of sp³-hybridized carbons (Fsp3) is 0.526. The molecule has 1 aromatic carbocycles. The summed E-state index contributed by atoms with van der Waals surface area (Å²) in [4.78, 5) is 32.8. The number of benzene rings is 1. The molecule has 0 aromatic heterocycles. The van der Waals surface area contributed by atoms with Crippen LogP contribution < -0.4 is 20.3 Å². The number of carbonyl (C=O) groups is 2. The van der Waals surface area contributed by atoms with E-state index in [0.29, 0.717) is 18.3 Å². The number of likely N-dealkylation sites (N-methyl/N-ethyl adjacent to an activating group) is 1. The van der Waals surface area contributed by atoms with Gasteiger partial charge in [0.05, 0.1) is 45.8 Å². The van der Waals surface area contributed by atoms with Gasteiger partial charge >= 0.3 is 0 Å². The minimum atomic E-state index is -0.711. The second-order valence-electron chi connectivity index (χ2n) is 6.76. The zero-order chi connectivity index (χ0) is 19.2. The predicted octanol–water partition coefficient (Wildman–Crippen LogP) is -0.511. The number of amides is 2. The Bertz CT molecular complexity index is 696. The summed E-state index contributed by atoms with van der Waals surface area (Å²) in [5, 5.41) is 5.66. The lowest BCUT2D eigenvalue weighted by Gasteiger charge is -2.35. The number of guanidine groups is 1. The summed E-state index contributed by atoms with van der Waals surface area (Å²) in [5.74, 6) is 0.830. The van der Waals surface area contributed by atoms with Gasteiger partial charge in [0.15, 0.2) is 0 Å². The van der Waals surface area contributed by atoms with Crippen LogP contribution in [0.2, 0.25) is 0 Å². The van der Waals surface area contributed by atoms with E-state index in [-0.39, 0.29) is 18.2 Å². The molecule has 3 N–H and O–H groups in total. The third-order valence-electron chi connectivity index (χ3n) is 4.91.